The predicted octanol–water partition coefficient (Wildman–Crippen LogP) is 2.32. The molecule has 0 radical (unpaired) electrons. The molecule has 1 aromatic rings. The van der Waals surface area contributed by atoms with Crippen molar-refractivity contribution in [2.24, 2.45) is 11.7 Å². The van der Waals surface area contributed by atoms with E-state index in [0.29, 0.717) is 25.5 Å². The van der Waals surface area contributed by atoms with E-state index < -0.39 is 0 Å². The van der Waals surface area contributed by atoms with Gasteiger partial charge >= 0.3 is 0 Å². The van der Waals surface area contributed by atoms with Gasteiger partial charge < -0.3 is 15.8 Å². The molecule has 0 aliphatic heterocycles. The number of ether oxygens (including phenoxy) is 1. The van der Waals surface area contributed by atoms with Crippen molar-refractivity contribution in [2.45, 2.75) is 45.6 Å². The fourth-order valence-electron chi connectivity index (χ4n) is 2.70. The monoisotopic (exact) mass is 290 g/mol. The highest BCUT2D eigenvalue weighted by Gasteiger charge is 2.41. The Morgan fingerprint density at radius 3 is 2.48 bits per heavy atom. The molecule has 0 spiro atoms. The van der Waals surface area contributed by atoms with E-state index in [-0.39, 0.29) is 11.4 Å². The molecule has 1 atom stereocenters. The number of hydrogen-bond donors (Lipinski definition) is 2. The van der Waals surface area contributed by atoms with Crippen molar-refractivity contribution in [1.82, 2.24) is 5.32 Å². The molecule has 1 amide bonds. The minimum atomic E-state index is -0.253. The Hall–Kier alpha value is -1.55. The standard InChI is InChI=1S/C17H26N2O2/c1-12-8-13(2)10-15(9-12)21-7-6-16(20)19-17(3,11-18)14-4-5-14/h8-10,14H,4-7,11,18H2,1-3H3,(H,19,20). The summed E-state index contributed by atoms with van der Waals surface area (Å²) in [6, 6.07) is 6.07. The van der Waals surface area contributed by atoms with Gasteiger partial charge in [0.25, 0.3) is 0 Å². The van der Waals surface area contributed by atoms with Crippen LogP contribution in [0, 0.1) is 19.8 Å². The third-order valence-corrected chi connectivity index (χ3v) is 4.12. The van der Waals surface area contributed by atoms with Crippen molar-refractivity contribution in [3.05, 3.63) is 29.3 Å². The highest BCUT2D eigenvalue weighted by molar-refractivity contribution is 5.77. The quantitative estimate of drug-likeness (QED) is 0.810. The SMILES string of the molecule is Cc1cc(C)cc(OCCC(=O)NC(C)(CN)C2CC2)c1. The second-order valence-electron chi connectivity index (χ2n) is 6.37. The molecular weight excluding hydrogens is 264 g/mol. The number of carbonyl (C=O) groups excluding carboxylic acids is 1. The van der Waals surface area contributed by atoms with E-state index in [4.69, 9.17) is 10.5 Å². The van der Waals surface area contributed by atoms with Gasteiger partial charge in [0.1, 0.15) is 5.75 Å². The molecule has 0 bridgehead atoms. The lowest BCUT2D eigenvalue weighted by atomic mass is 9.96. The summed E-state index contributed by atoms with van der Waals surface area (Å²) >= 11 is 0. The minimum Gasteiger partial charge on any atom is -0.493 e. The fourth-order valence-corrected chi connectivity index (χ4v) is 2.70. The van der Waals surface area contributed by atoms with Gasteiger partial charge in [-0.1, -0.05) is 6.07 Å². The molecule has 21 heavy (non-hydrogen) atoms. The maximum absolute atomic E-state index is 12.0. The van der Waals surface area contributed by atoms with Gasteiger partial charge in [-0.05, 0) is 62.8 Å². The summed E-state index contributed by atoms with van der Waals surface area (Å²) in [6.07, 6.45) is 2.68. The van der Waals surface area contributed by atoms with Crippen LogP contribution in [0.1, 0.15) is 37.3 Å². The summed E-state index contributed by atoms with van der Waals surface area (Å²) in [5.74, 6) is 1.37. The Kier molecular flexibility index (Phi) is 4.88. The number of aryl methyl sites for hydroxylation is 2. The van der Waals surface area contributed by atoms with E-state index >= 15 is 0 Å². The molecule has 0 heterocycles. The van der Waals surface area contributed by atoms with Gasteiger partial charge in [-0.25, -0.2) is 0 Å². The van der Waals surface area contributed by atoms with Crippen LogP contribution in [-0.4, -0.2) is 24.6 Å². The maximum atomic E-state index is 12.0. The lowest BCUT2D eigenvalue weighted by Crippen LogP contribution is -2.53. The first-order chi connectivity index (χ1) is 9.93. The Morgan fingerprint density at radius 2 is 1.95 bits per heavy atom. The molecule has 0 saturated heterocycles. The number of carbonyl (C=O) groups is 1. The van der Waals surface area contributed by atoms with Gasteiger partial charge in [-0.2, -0.15) is 0 Å². The Bertz CT molecular complexity index is 491. The van der Waals surface area contributed by atoms with Crippen molar-refractivity contribution < 1.29 is 9.53 Å². The molecule has 3 N–H and O–H groups in total. The van der Waals surface area contributed by atoms with E-state index in [0.717, 1.165) is 18.6 Å². The van der Waals surface area contributed by atoms with E-state index in [1.54, 1.807) is 0 Å². The maximum Gasteiger partial charge on any atom is 0.223 e. The summed E-state index contributed by atoms with van der Waals surface area (Å²) in [4.78, 5) is 12.0. The van der Waals surface area contributed by atoms with Crippen molar-refractivity contribution in [1.29, 1.82) is 0 Å². The average Bonchev–Trinajstić information content (AvgIpc) is 3.22. The van der Waals surface area contributed by atoms with Gasteiger partial charge in [0.05, 0.1) is 18.6 Å². The second-order valence-corrected chi connectivity index (χ2v) is 6.37. The summed E-state index contributed by atoms with van der Waals surface area (Å²) < 4.78 is 5.67. The summed E-state index contributed by atoms with van der Waals surface area (Å²) in [5.41, 5.74) is 7.88. The fraction of sp³-hybridized carbons (Fsp3) is 0.588. The molecule has 4 nitrogen and oxygen atoms in total. The summed E-state index contributed by atoms with van der Waals surface area (Å²) in [6.45, 7) is 6.98. The largest absolute Gasteiger partial charge is 0.493 e. The molecule has 1 aliphatic rings. The third kappa shape index (κ3) is 4.46. The van der Waals surface area contributed by atoms with E-state index in [2.05, 4.69) is 11.4 Å². The number of rotatable bonds is 7. The molecule has 4 heteroatoms. The Morgan fingerprint density at radius 1 is 1.33 bits per heavy atom. The van der Waals surface area contributed by atoms with Gasteiger partial charge in [-0.3, -0.25) is 4.79 Å². The molecular formula is C17H26N2O2. The average molecular weight is 290 g/mol. The second kappa shape index (κ2) is 6.48. The summed E-state index contributed by atoms with van der Waals surface area (Å²) in [5, 5.41) is 3.07. The zero-order chi connectivity index (χ0) is 15.5. The summed E-state index contributed by atoms with van der Waals surface area (Å²) in [7, 11) is 0. The van der Waals surface area contributed by atoms with Crippen molar-refractivity contribution in [3.63, 3.8) is 0 Å². The molecule has 1 aromatic carbocycles. The molecule has 2 rings (SSSR count). The van der Waals surface area contributed by atoms with Gasteiger partial charge in [-0.15, -0.1) is 0 Å². The molecule has 1 unspecified atom stereocenters. The van der Waals surface area contributed by atoms with Gasteiger partial charge in [0.2, 0.25) is 5.91 Å². The van der Waals surface area contributed by atoms with Gasteiger partial charge in [0, 0.05) is 6.54 Å². The molecule has 1 fully saturated rings. The Balaban J connectivity index is 1.78. The number of benzene rings is 1. The van der Waals surface area contributed by atoms with Crippen LogP contribution in [0.15, 0.2) is 18.2 Å². The van der Waals surface area contributed by atoms with Crippen LogP contribution in [0.2, 0.25) is 0 Å². The van der Waals surface area contributed by atoms with Crippen LogP contribution in [0.4, 0.5) is 0 Å². The smallest absolute Gasteiger partial charge is 0.223 e. The first kappa shape index (κ1) is 15.8. The minimum absolute atomic E-state index is 0.0132. The normalized spacial score (nSPS) is 17.1. The number of amides is 1. The zero-order valence-electron chi connectivity index (χ0n) is 13.2. The van der Waals surface area contributed by atoms with E-state index in [1.807, 2.05) is 32.9 Å². The van der Waals surface area contributed by atoms with E-state index in [9.17, 15) is 4.79 Å². The van der Waals surface area contributed by atoms with Crippen LogP contribution < -0.4 is 15.8 Å². The highest BCUT2D eigenvalue weighted by atomic mass is 16.5. The molecule has 1 saturated carbocycles. The van der Waals surface area contributed by atoms with Crippen molar-refractivity contribution >= 4 is 5.91 Å². The highest BCUT2D eigenvalue weighted by Crippen LogP contribution is 2.38. The Labute approximate surface area is 127 Å². The van der Waals surface area contributed by atoms with Crippen LogP contribution >= 0.6 is 0 Å². The van der Waals surface area contributed by atoms with Crippen molar-refractivity contribution in [3.8, 4) is 5.75 Å². The molecule has 1 aliphatic carbocycles. The number of nitrogens with two attached hydrogens (primary N) is 1. The van der Waals surface area contributed by atoms with Crippen molar-refractivity contribution in [2.75, 3.05) is 13.2 Å². The predicted molar refractivity (Wildman–Crippen MR) is 84.4 cm³/mol. The van der Waals surface area contributed by atoms with E-state index in [1.165, 1.54) is 11.1 Å². The van der Waals surface area contributed by atoms with Crippen LogP contribution in [0.3, 0.4) is 0 Å². The lowest BCUT2D eigenvalue weighted by molar-refractivity contribution is -0.123. The van der Waals surface area contributed by atoms with Crippen LogP contribution in [0.5, 0.6) is 5.75 Å². The number of nitrogens with one attached hydrogen (secondary N) is 1. The van der Waals surface area contributed by atoms with Crippen LogP contribution in [0.25, 0.3) is 0 Å². The van der Waals surface area contributed by atoms with Gasteiger partial charge in [0.15, 0.2) is 0 Å². The molecule has 0 aromatic heterocycles. The van der Waals surface area contributed by atoms with Crippen LogP contribution in [-0.2, 0) is 4.79 Å². The topological polar surface area (TPSA) is 64.3 Å². The first-order valence-corrected chi connectivity index (χ1v) is 7.65. The third-order valence-electron chi connectivity index (χ3n) is 4.12. The zero-order valence-corrected chi connectivity index (χ0v) is 13.2. The number of hydrogen-bond acceptors (Lipinski definition) is 3. The molecule has 116 valence electrons. The first-order valence-electron chi connectivity index (χ1n) is 7.65. The lowest BCUT2D eigenvalue weighted by Gasteiger charge is -2.29.